The molecule has 0 spiro atoms. The first-order valence-corrected chi connectivity index (χ1v) is 34.2. The fourth-order valence-corrected chi connectivity index (χ4v) is 10.8. The van der Waals surface area contributed by atoms with Gasteiger partial charge in [-0.1, -0.05) is 321 Å². The minimum atomic E-state index is -4.35. The SMILES string of the molecule is CCCCCCCCCCCCCCC/C=C/CC/C=C/C(O)C(COP(=O)(O)OCC[N+](C)(C)C)NC(=O)CCCCCCCCCCCCCCCCCCCCCCCCCCCCCCCCCCC. The minimum absolute atomic E-state index is 0.0589. The Balaban J connectivity index is 4.02. The van der Waals surface area contributed by atoms with Crippen LogP contribution in [0.2, 0.25) is 0 Å². The summed E-state index contributed by atoms with van der Waals surface area (Å²) in [6.45, 7) is 4.85. The molecule has 0 aliphatic rings. The second-order valence-electron chi connectivity index (χ2n) is 23.8. The molecule has 0 saturated heterocycles. The lowest BCUT2D eigenvalue weighted by atomic mass is 10.0. The highest BCUT2D eigenvalue weighted by Crippen LogP contribution is 2.43. The second kappa shape index (κ2) is 56.7. The van der Waals surface area contributed by atoms with Gasteiger partial charge in [0.2, 0.25) is 5.91 Å². The zero-order valence-electron chi connectivity index (χ0n) is 50.4. The Bertz CT molecular complexity index is 1260. The van der Waals surface area contributed by atoms with Gasteiger partial charge in [0.25, 0.3) is 0 Å². The summed E-state index contributed by atoms with van der Waals surface area (Å²) < 4.78 is 23.7. The molecule has 0 aromatic carbocycles. The molecular weight excluding hydrogens is 936 g/mol. The number of nitrogens with one attached hydrogen (secondary N) is 1. The van der Waals surface area contributed by atoms with Crippen LogP contribution in [0.3, 0.4) is 0 Å². The molecule has 0 rings (SSSR count). The summed E-state index contributed by atoms with van der Waals surface area (Å²) in [5.41, 5.74) is 0. The van der Waals surface area contributed by atoms with Crippen molar-refractivity contribution in [1.29, 1.82) is 0 Å². The number of carbonyl (C=O) groups excluding carboxylic acids is 1. The molecule has 74 heavy (non-hydrogen) atoms. The van der Waals surface area contributed by atoms with Crippen LogP contribution in [0.4, 0.5) is 0 Å². The van der Waals surface area contributed by atoms with E-state index in [1.807, 2.05) is 27.2 Å². The molecule has 0 aromatic heterocycles. The van der Waals surface area contributed by atoms with Gasteiger partial charge in [0.1, 0.15) is 13.2 Å². The molecule has 1 amide bonds. The van der Waals surface area contributed by atoms with Crippen LogP contribution in [0, 0.1) is 0 Å². The van der Waals surface area contributed by atoms with Gasteiger partial charge in [-0.15, -0.1) is 0 Å². The molecule has 3 atom stereocenters. The maximum absolute atomic E-state index is 13.0. The van der Waals surface area contributed by atoms with E-state index in [2.05, 4.69) is 31.3 Å². The standard InChI is InChI=1S/C65H129N2O6P/c1-6-8-10-12-14-16-18-20-22-24-26-27-28-29-30-31-32-33-34-35-36-37-38-39-41-43-45-47-49-51-53-55-57-59-65(69)66-63(62-73-74(70,71)72-61-60-67(3,4)5)64(68)58-56-54-52-50-48-46-44-42-40-25-23-21-19-17-15-13-11-9-7-2/h48,50,56,58,63-64,68H,6-47,49,51-55,57,59-62H2,1-5H3,(H-,66,69,70,71)/p+1/b50-48+,58-56+. The van der Waals surface area contributed by atoms with Crippen LogP contribution < -0.4 is 5.32 Å². The maximum Gasteiger partial charge on any atom is 0.472 e. The molecule has 3 N–H and O–H groups in total. The molecule has 0 aliphatic heterocycles. The van der Waals surface area contributed by atoms with E-state index in [9.17, 15) is 19.4 Å². The van der Waals surface area contributed by atoms with Crippen molar-refractivity contribution in [3.63, 3.8) is 0 Å². The van der Waals surface area contributed by atoms with E-state index in [1.54, 1.807) is 6.08 Å². The number of likely N-dealkylation sites (N-methyl/N-ethyl adjacent to an activating group) is 1. The lowest BCUT2D eigenvalue weighted by Gasteiger charge is -2.25. The Morgan fingerprint density at radius 3 is 1.08 bits per heavy atom. The topological polar surface area (TPSA) is 105 Å². The number of hydrogen-bond donors (Lipinski definition) is 3. The summed E-state index contributed by atoms with van der Waals surface area (Å²) in [4.78, 5) is 23.3. The lowest BCUT2D eigenvalue weighted by Crippen LogP contribution is -2.45. The highest BCUT2D eigenvalue weighted by molar-refractivity contribution is 7.47. The Morgan fingerprint density at radius 1 is 0.446 bits per heavy atom. The summed E-state index contributed by atoms with van der Waals surface area (Å²) in [6, 6.07) is -0.861. The maximum atomic E-state index is 13.0. The van der Waals surface area contributed by atoms with Gasteiger partial charge < -0.3 is 19.8 Å². The number of rotatable bonds is 61. The number of nitrogens with zero attached hydrogens (tertiary/aromatic N) is 1. The van der Waals surface area contributed by atoms with Gasteiger partial charge in [0.15, 0.2) is 0 Å². The van der Waals surface area contributed by atoms with Crippen LogP contribution >= 0.6 is 7.82 Å². The number of allylic oxidation sites excluding steroid dienone is 3. The van der Waals surface area contributed by atoms with Crippen molar-refractivity contribution in [1.82, 2.24) is 5.32 Å². The van der Waals surface area contributed by atoms with Crippen LogP contribution in [-0.4, -0.2) is 73.4 Å². The molecule has 440 valence electrons. The van der Waals surface area contributed by atoms with Crippen LogP contribution in [-0.2, 0) is 18.4 Å². The van der Waals surface area contributed by atoms with Crippen molar-refractivity contribution < 1.29 is 32.9 Å². The van der Waals surface area contributed by atoms with Gasteiger partial charge in [-0.25, -0.2) is 4.57 Å². The largest absolute Gasteiger partial charge is 0.472 e. The third-order valence-electron chi connectivity index (χ3n) is 15.2. The Labute approximate surface area is 462 Å². The van der Waals surface area contributed by atoms with Crippen LogP contribution in [0.5, 0.6) is 0 Å². The number of phosphoric ester groups is 1. The van der Waals surface area contributed by atoms with E-state index in [4.69, 9.17) is 9.05 Å². The Hall–Kier alpha value is -1.02. The smallest absolute Gasteiger partial charge is 0.387 e. The number of amides is 1. The fourth-order valence-electron chi connectivity index (χ4n) is 10.1. The molecule has 9 heteroatoms. The summed E-state index contributed by atoms with van der Waals surface area (Å²) >= 11 is 0. The molecule has 0 heterocycles. The molecule has 0 fully saturated rings. The summed E-state index contributed by atoms with van der Waals surface area (Å²) in [5, 5.41) is 13.9. The van der Waals surface area contributed by atoms with Gasteiger partial charge in [-0.2, -0.15) is 0 Å². The highest BCUT2D eigenvalue weighted by Gasteiger charge is 2.28. The molecule has 0 aromatic rings. The molecule has 0 bridgehead atoms. The van der Waals surface area contributed by atoms with Gasteiger partial charge in [0, 0.05) is 6.42 Å². The Morgan fingerprint density at radius 2 is 0.743 bits per heavy atom. The van der Waals surface area contributed by atoms with E-state index in [0.717, 1.165) is 38.5 Å². The average Bonchev–Trinajstić information content (AvgIpc) is 3.36. The first-order valence-electron chi connectivity index (χ1n) is 32.7. The number of phosphoric acid groups is 1. The Kier molecular flexibility index (Phi) is 55.9. The third-order valence-corrected chi connectivity index (χ3v) is 16.2. The predicted octanol–water partition coefficient (Wildman–Crippen LogP) is 20.3. The zero-order valence-corrected chi connectivity index (χ0v) is 51.3. The average molecular weight is 1070 g/mol. The van der Waals surface area contributed by atoms with E-state index in [-0.39, 0.29) is 19.1 Å². The fraction of sp³-hybridized carbons (Fsp3) is 0.923. The van der Waals surface area contributed by atoms with Crippen molar-refractivity contribution in [2.75, 3.05) is 40.9 Å². The number of hydrogen-bond acceptors (Lipinski definition) is 5. The number of aliphatic hydroxyl groups is 1. The second-order valence-corrected chi connectivity index (χ2v) is 25.3. The molecule has 0 aliphatic carbocycles. The summed E-state index contributed by atoms with van der Waals surface area (Å²) in [7, 11) is 1.57. The zero-order chi connectivity index (χ0) is 54.2. The van der Waals surface area contributed by atoms with Gasteiger partial charge in [0.05, 0.1) is 39.9 Å². The van der Waals surface area contributed by atoms with E-state index in [1.165, 1.54) is 276 Å². The van der Waals surface area contributed by atoms with Gasteiger partial charge in [-0.3, -0.25) is 13.8 Å². The van der Waals surface area contributed by atoms with E-state index in [0.29, 0.717) is 17.4 Å². The molecule has 0 saturated carbocycles. The predicted molar refractivity (Wildman–Crippen MR) is 323 cm³/mol. The van der Waals surface area contributed by atoms with Crippen molar-refractivity contribution in [2.24, 2.45) is 0 Å². The lowest BCUT2D eigenvalue weighted by molar-refractivity contribution is -0.870. The summed E-state index contributed by atoms with van der Waals surface area (Å²) in [5.74, 6) is -0.179. The molecule has 8 nitrogen and oxygen atoms in total. The monoisotopic (exact) mass is 1070 g/mol. The molecular formula is C65H130N2O6P+. The van der Waals surface area contributed by atoms with E-state index >= 15 is 0 Å². The third kappa shape index (κ3) is 58.7. The number of aliphatic hydroxyl groups excluding tert-OH is 1. The number of carbonyl (C=O) groups is 1. The number of quaternary nitrogens is 1. The normalized spacial score (nSPS) is 13.9. The van der Waals surface area contributed by atoms with E-state index < -0.39 is 20.0 Å². The van der Waals surface area contributed by atoms with Crippen molar-refractivity contribution >= 4 is 13.7 Å². The van der Waals surface area contributed by atoms with Crippen molar-refractivity contribution in [3.05, 3.63) is 24.3 Å². The van der Waals surface area contributed by atoms with Gasteiger partial charge in [-0.05, 0) is 32.1 Å². The molecule has 3 unspecified atom stereocenters. The quantitative estimate of drug-likeness (QED) is 0.0243. The first-order chi connectivity index (χ1) is 36.0. The van der Waals surface area contributed by atoms with Crippen molar-refractivity contribution in [3.8, 4) is 0 Å². The van der Waals surface area contributed by atoms with Crippen LogP contribution in [0.15, 0.2) is 24.3 Å². The van der Waals surface area contributed by atoms with Crippen molar-refractivity contribution in [2.45, 2.75) is 347 Å². The highest BCUT2D eigenvalue weighted by atomic mass is 31.2. The van der Waals surface area contributed by atoms with Crippen LogP contribution in [0.25, 0.3) is 0 Å². The minimum Gasteiger partial charge on any atom is -0.387 e. The number of unbranched alkanes of at least 4 members (excludes halogenated alkanes) is 46. The van der Waals surface area contributed by atoms with Gasteiger partial charge >= 0.3 is 7.82 Å². The molecule has 0 radical (unpaired) electrons. The summed E-state index contributed by atoms with van der Waals surface area (Å²) in [6.07, 6.45) is 73.2. The van der Waals surface area contributed by atoms with Crippen LogP contribution in [0.1, 0.15) is 335 Å². The first kappa shape index (κ1) is 73.0.